The van der Waals surface area contributed by atoms with Gasteiger partial charge >= 0.3 is 0 Å². The number of hydrogen-bond acceptors (Lipinski definition) is 3. The first-order valence-electron chi connectivity index (χ1n) is 6.78. The molecule has 0 saturated carbocycles. The fourth-order valence-electron chi connectivity index (χ4n) is 2.10. The standard InChI is InChI=1S/C17H19ClO3/c1-4-21-14-8-5-12(6-9-14)17(18)13-7-10-15(19-2)16(11-13)20-3/h5-11,17H,4H2,1-3H3. The zero-order chi connectivity index (χ0) is 15.2. The average Bonchev–Trinajstić information content (AvgIpc) is 2.54. The Morgan fingerprint density at radius 1 is 0.905 bits per heavy atom. The predicted octanol–water partition coefficient (Wildman–Crippen LogP) is 4.43. The van der Waals surface area contributed by atoms with Gasteiger partial charge < -0.3 is 14.2 Å². The number of methoxy groups -OCH3 is 2. The summed E-state index contributed by atoms with van der Waals surface area (Å²) >= 11 is 6.55. The second kappa shape index (κ2) is 7.23. The number of rotatable bonds is 6. The Balaban J connectivity index is 2.24. The van der Waals surface area contributed by atoms with Crippen LogP contribution in [0, 0.1) is 0 Å². The molecular formula is C17H19ClO3. The molecule has 0 heterocycles. The van der Waals surface area contributed by atoms with Crippen LogP contribution in [-0.2, 0) is 0 Å². The van der Waals surface area contributed by atoms with E-state index >= 15 is 0 Å². The molecule has 2 rings (SSSR count). The molecule has 0 amide bonds. The normalized spacial score (nSPS) is 11.8. The topological polar surface area (TPSA) is 27.7 Å². The first-order chi connectivity index (χ1) is 10.2. The van der Waals surface area contributed by atoms with E-state index in [1.807, 2.05) is 49.4 Å². The summed E-state index contributed by atoms with van der Waals surface area (Å²) in [5.41, 5.74) is 1.96. The molecule has 0 bridgehead atoms. The van der Waals surface area contributed by atoms with Gasteiger partial charge in [-0.2, -0.15) is 0 Å². The Morgan fingerprint density at radius 3 is 2.10 bits per heavy atom. The molecule has 4 heteroatoms. The first kappa shape index (κ1) is 15.5. The molecule has 0 aliphatic rings. The maximum absolute atomic E-state index is 6.55. The van der Waals surface area contributed by atoms with Crippen molar-refractivity contribution in [3.05, 3.63) is 53.6 Å². The third-order valence-corrected chi connectivity index (χ3v) is 3.69. The molecule has 0 aromatic heterocycles. The maximum atomic E-state index is 6.55. The Bertz CT molecular complexity index is 581. The van der Waals surface area contributed by atoms with Crippen LogP contribution in [0.2, 0.25) is 0 Å². The largest absolute Gasteiger partial charge is 0.494 e. The van der Waals surface area contributed by atoms with Crippen molar-refractivity contribution in [2.75, 3.05) is 20.8 Å². The van der Waals surface area contributed by atoms with E-state index < -0.39 is 0 Å². The molecule has 21 heavy (non-hydrogen) atoms. The Morgan fingerprint density at radius 2 is 1.52 bits per heavy atom. The lowest BCUT2D eigenvalue weighted by Crippen LogP contribution is -1.97. The van der Waals surface area contributed by atoms with E-state index in [0.717, 1.165) is 16.9 Å². The Kier molecular flexibility index (Phi) is 5.34. The van der Waals surface area contributed by atoms with Crippen LogP contribution in [0.1, 0.15) is 23.4 Å². The van der Waals surface area contributed by atoms with Crippen LogP contribution in [0.3, 0.4) is 0 Å². The number of hydrogen-bond donors (Lipinski definition) is 0. The number of ether oxygens (including phenoxy) is 3. The number of halogens is 1. The van der Waals surface area contributed by atoms with Gasteiger partial charge in [-0.15, -0.1) is 11.6 Å². The van der Waals surface area contributed by atoms with Crippen molar-refractivity contribution in [2.45, 2.75) is 12.3 Å². The maximum Gasteiger partial charge on any atom is 0.161 e. The van der Waals surface area contributed by atoms with Crippen LogP contribution >= 0.6 is 11.6 Å². The van der Waals surface area contributed by atoms with Crippen molar-refractivity contribution < 1.29 is 14.2 Å². The zero-order valence-corrected chi connectivity index (χ0v) is 13.2. The third kappa shape index (κ3) is 3.61. The quantitative estimate of drug-likeness (QED) is 0.739. The van der Waals surface area contributed by atoms with E-state index in [2.05, 4.69) is 0 Å². The first-order valence-corrected chi connectivity index (χ1v) is 7.22. The number of benzene rings is 2. The van der Waals surface area contributed by atoms with Crippen LogP contribution < -0.4 is 14.2 Å². The van der Waals surface area contributed by atoms with Crippen molar-refractivity contribution in [3.63, 3.8) is 0 Å². The molecule has 0 aliphatic heterocycles. The monoisotopic (exact) mass is 306 g/mol. The molecule has 0 N–H and O–H groups in total. The van der Waals surface area contributed by atoms with Crippen molar-refractivity contribution in [3.8, 4) is 17.2 Å². The predicted molar refractivity (Wildman–Crippen MR) is 84.9 cm³/mol. The van der Waals surface area contributed by atoms with Gasteiger partial charge in [0, 0.05) is 0 Å². The fraction of sp³-hybridized carbons (Fsp3) is 0.294. The molecule has 2 aromatic rings. The summed E-state index contributed by atoms with van der Waals surface area (Å²) in [4.78, 5) is 0. The van der Waals surface area contributed by atoms with Gasteiger partial charge in [-0.05, 0) is 42.3 Å². The lowest BCUT2D eigenvalue weighted by atomic mass is 10.0. The van der Waals surface area contributed by atoms with Gasteiger partial charge in [0.05, 0.1) is 26.2 Å². The van der Waals surface area contributed by atoms with Gasteiger partial charge in [-0.3, -0.25) is 0 Å². The molecule has 1 atom stereocenters. The molecule has 112 valence electrons. The van der Waals surface area contributed by atoms with Gasteiger partial charge in [-0.1, -0.05) is 18.2 Å². The summed E-state index contributed by atoms with van der Waals surface area (Å²) in [7, 11) is 3.23. The average molecular weight is 307 g/mol. The van der Waals surface area contributed by atoms with Crippen LogP contribution in [0.25, 0.3) is 0 Å². The molecular weight excluding hydrogens is 288 g/mol. The summed E-state index contributed by atoms with van der Waals surface area (Å²) in [5, 5.41) is -0.250. The minimum absolute atomic E-state index is 0.250. The summed E-state index contributed by atoms with van der Waals surface area (Å²) < 4.78 is 16.0. The highest BCUT2D eigenvalue weighted by atomic mass is 35.5. The highest BCUT2D eigenvalue weighted by Crippen LogP contribution is 2.35. The highest BCUT2D eigenvalue weighted by molar-refractivity contribution is 6.22. The molecule has 0 saturated heterocycles. The van der Waals surface area contributed by atoms with Crippen LogP contribution in [0.15, 0.2) is 42.5 Å². The van der Waals surface area contributed by atoms with E-state index in [1.54, 1.807) is 14.2 Å². The van der Waals surface area contributed by atoms with Gasteiger partial charge in [-0.25, -0.2) is 0 Å². The molecule has 3 nitrogen and oxygen atoms in total. The lowest BCUT2D eigenvalue weighted by Gasteiger charge is -2.14. The van der Waals surface area contributed by atoms with Crippen molar-refractivity contribution in [2.24, 2.45) is 0 Å². The number of alkyl halides is 1. The van der Waals surface area contributed by atoms with Gasteiger partial charge in [0.1, 0.15) is 5.75 Å². The van der Waals surface area contributed by atoms with Gasteiger partial charge in [0.25, 0.3) is 0 Å². The summed E-state index contributed by atoms with van der Waals surface area (Å²) in [6, 6.07) is 13.5. The van der Waals surface area contributed by atoms with Crippen molar-refractivity contribution >= 4 is 11.6 Å². The van der Waals surface area contributed by atoms with Gasteiger partial charge in [0.15, 0.2) is 11.5 Å². The highest BCUT2D eigenvalue weighted by Gasteiger charge is 2.14. The Labute approximate surface area is 130 Å². The van der Waals surface area contributed by atoms with Gasteiger partial charge in [0.2, 0.25) is 0 Å². The molecule has 0 fully saturated rings. The second-order valence-electron chi connectivity index (χ2n) is 4.48. The minimum atomic E-state index is -0.250. The lowest BCUT2D eigenvalue weighted by molar-refractivity contribution is 0.340. The minimum Gasteiger partial charge on any atom is -0.494 e. The third-order valence-electron chi connectivity index (χ3n) is 3.18. The van der Waals surface area contributed by atoms with E-state index in [9.17, 15) is 0 Å². The Hall–Kier alpha value is -1.87. The second-order valence-corrected chi connectivity index (χ2v) is 4.92. The smallest absolute Gasteiger partial charge is 0.161 e. The zero-order valence-electron chi connectivity index (χ0n) is 12.4. The summed E-state index contributed by atoms with van der Waals surface area (Å²) in [5.74, 6) is 2.21. The van der Waals surface area contributed by atoms with Crippen LogP contribution in [-0.4, -0.2) is 20.8 Å². The molecule has 1 unspecified atom stereocenters. The summed E-state index contributed by atoms with van der Waals surface area (Å²) in [6.45, 7) is 2.61. The van der Waals surface area contributed by atoms with Crippen LogP contribution in [0.5, 0.6) is 17.2 Å². The van der Waals surface area contributed by atoms with Crippen molar-refractivity contribution in [1.82, 2.24) is 0 Å². The van der Waals surface area contributed by atoms with Crippen LogP contribution in [0.4, 0.5) is 0 Å². The van der Waals surface area contributed by atoms with E-state index in [-0.39, 0.29) is 5.38 Å². The van der Waals surface area contributed by atoms with E-state index in [4.69, 9.17) is 25.8 Å². The summed E-state index contributed by atoms with van der Waals surface area (Å²) in [6.07, 6.45) is 0. The molecule has 0 aliphatic carbocycles. The van der Waals surface area contributed by atoms with E-state index in [1.165, 1.54) is 0 Å². The SMILES string of the molecule is CCOc1ccc(C(Cl)c2ccc(OC)c(OC)c2)cc1. The molecule has 0 radical (unpaired) electrons. The van der Waals surface area contributed by atoms with E-state index in [0.29, 0.717) is 18.1 Å². The van der Waals surface area contributed by atoms with Crippen molar-refractivity contribution in [1.29, 1.82) is 0 Å². The fourth-order valence-corrected chi connectivity index (χ4v) is 2.38. The molecule has 0 spiro atoms. The molecule has 2 aromatic carbocycles.